The van der Waals surface area contributed by atoms with Crippen LogP contribution in [0.1, 0.15) is 23.7 Å². The first-order valence-corrected chi connectivity index (χ1v) is 14.0. The summed E-state index contributed by atoms with van der Waals surface area (Å²) < 4.78 is 61.1. The molecule has 9 nitrogen and oxygen atoms in total. The summed E-state index contributed by atoms with van der Waals surface area (Å²) in [6, 6.07) is 9.39. The van der Waals surface area contributed by atoms with Crippen molar-refractivity contribution in [3.8, 4) is 11.1 Å². The van der Waals surface area contributed by atoms with Crippen molar-refractivity contribution < 1.29 is 22.3 Å². The molecule has 1 aliphatic rings. The summed E-state index contributed by atoms with van der Waals surface area (Å²) in [5.41, 5.74) is 1.39. The van der Waals surface area contributed by atoms with Crippen LogP contribution in [0.25, 0.3) is 22.0 Å². The fraction of sp³-hybridized carbons (Fsp3) is 0.148. The van der Waals surface area contributed by atoms with Gasteiger partial charge in [-0.2, -0.15) is 5.10 Å². The lowest BCUT2D eigenvalue weighted by Gasteiger charge is -2.15. The maximum atomic E-state index is 15.7. The molecular weight excluding hydrogens is 562 g/mol. The summed E-state index contributed by atoms with van der Waals surface area (Å²) in [6.07, 6.45) is 4.72. The first-order valence-electron chi connectivity index (χ1n) is 12.1. The van der Waals surface area contributed by atoms with Gasteiger partial charge in [0.25, 0.3) is 10.0 Å². The molecule has 13 heteroatoms. The summed E-state index contributed by atoms with van der Waals surface area (Å²) in [6.45, 7) is 0. The fourth-order valence-corrected chi connectivity index (χ4v) is 6.51. The molecule has 0 amide bonds. The van der Waals surface area contributed by atoms with Gasteiger partial charge in [0.05, 0.1) is 39.7 Å². The van der Waals surface area contributed by atoms with Crippen molar-refractivity contribution in [1.82, 2.24) is 19.7 Å². The predicted molar refractivity (Wildman–Crippen MR) is 147 cm³/mol. The molecule has 1 aliphatic carbocycles. The summed E-state index contributed by atoms with van der Waals surface area (Å²) in [5.74, 6) is -1.64. The van der Waals surface area contributed by atoms with E-state index < -0.39 is 39.0 Å². The van der Waals surface area contributed by atoms with E-state index in [-0.39, 0.29) is 15.5 Å². The molecular formula is C27H21ClF2N6O3S. The lowest BCUT2D eigenvalue weighted by Crippen LogP contribution is -2.16. The third-order valence-corrected chi connectivity index (χ3v) is 8.34. The number of hydrogen-bond donors (Lipinski definition) is 3. The van der Waals surface area contributed by atoms with E-state index in [1.165, 1.54) is 30.5 Å². The topological polar surface area (TPSA) is 122 Å². The van der Waals surface area contributed by atoms with E-state index in [2.05, 4.69) is 25.1 Å². The van der Waals surface area contributed by atoms with Gasteiger partial charge in [-0.25, -0.2) is 27.2 Å². The Kier molecular flexibility index (Phi) is 6.40. The Morgan fingerprint density at radius 2 is 1.95 bits per heavy atom. The number of benzene rings is 3. The first-order chi connectivity index (χ1) is 19.1. The monoisotopic (exact) mass is 582 g/mol. The molecule has 0 aliphatic heterocycles. The number of aromatic nitrogens is 4. The Bertz CT molecular complexity index is 1910. The lowest BCUT2D eigenvalue weighted by atomic mass is 10.0. The molecule has 40 heavy (non-hydrogen) atoms. The van der Waals surface area contributed by atoms with Crippen molar-refractivity contribution in [2.24, 2.45) is 7.05 Å². The maximum Gasteiger partial charge on any atom is 0.262 e. The Balaban J connectivity index is 1.34. The number of sulfonamides is 1. The number of nitrogens with zero attached hydrogens (tertiary/aromatic N) is 4. The predicted octanol–water partition coefficient (Wildman–Crippen LogP) is 5.49. The van der Waals surface area contributed by atoms with E-state index in [0.29, 0.717) is 46.5 Å². The molecule has 3 aromatic carbocycles. The minimum absolute atomic E-state index is 0.123. The van der Waals surface area contributed by atoms with Crippen LogP contribution in [0.3, 0.4) is 0 Å². The molecule has 1 atom stereocenters. The van der Waals surface area contributed by atoms with Crippen molar-refractivity contribution in [2.75, 3.05) is 10.0 Å². The molecule has 0 unspecified atom stereocenters. The zero-order valence-electron chi connectivity index (χ0n) is 20.9. The molecule has 0 radical (unpaired) electrons. The number of anilines is 3. The van der Waals surface area contributed by atoms with Gasteiger partial charge in [-0.15, -0.1) is 0 Å². The number of fused-ring (bicyclic) bond motifs is 2. The van der Waals surface area contributed by atoms with Crippen molar-refractivity contribution in [2.45, 2.75) is 23.8 Å². The molecule has 0 spiro atoms. The van der Waals surface area contributed by atoms with Crippen LogP contribution >= 0.6 is 11.6 Å². The Labute approximate surface area is 232 Å². The molecule has 5 aromatic rings. The summed E-state index contributed by atoms with van der Waals surface area (Å²) in [5, 5.41) is 17.9. The van der Waals surface area contributed by atoms with Gasteiger partial charge in [-0.1, -0.05) is 17.7 Å². The summed E-state index contributed by atoms with van der Waals surface area (Å²) in [7, 11) is -2.55. The van der Waals surface area contributed by atoms with Crippen LogP contribution in [0.5, 0.6) is 0 Å². The second kappa shape index (κ2) is 9.81. The zero-order chi connectivity index (χ0) is 28.2. The highest BCUT2D eigenvalue weighted by Gasteiger charge is 2.30. The number of aliphatic hydroxyl groups excluding tert-OH is 1. The Morgan fingerprint density at radius 1 is 1.12 bits per heavy atom. The third kappa shape index (κ3) is 4.74. The molecule has 2 heterocycles. The van der Waals surface area contributed by atoms with Gasteiger partial charge in [-0.3, -0.25) is 9.40 Å². The molecule has 3 N–H and O–H groups in total. The van der Waals surface area contributed by atoms with Crippen molar-refractivity contribution in [1.29, 1.82) is 0 Å². The molecule has 0 saturated carbocycles. The number of hydrogen-bond acceptors (Lipinski definition) is 7. The SMILES string of the molecule is Cn1cc(Nc2ncc3cc(-c4c(F)ccc(NS(=O)(=O)c5cc(Cl)cc6c5CC[C@H]6O)c4F)ccc3n2)cn1. The van der Waals surface area contributed by atoms with Crippen LogP contribution in [-0.4, -0.2) is 33.3 Å². The second-order valence-electron chi connectivity index (χ2n) is 9.41. The largest absolute Gasteiger partial charge is 0.388 e. The van der Waals surface area contributed by atoms with Crippen LogP contribution in [0, 0.1) is 11.6 Å². The van der Waals surface area contributed by atoms with Crippen LogP contribution in [0.15, 0.2) is 66.0 Å². The number of halogens is 3. The minimum atomic E-state index is -4.32. The average Bonchev–Trinajstić information content (AvgIpc) is 3.50. The number of aliphatic hydroxyl groups is 1. The Hall–Kier alpha value is -4.13. The van der Waals surface area contributed by atoms with Gasteiger partial charge in [0, 0.05) is 29.9 Å². The van der Waals surface area contributed by atoms with E-state index in [1.54, 1.807) is 30.2 Å². The van der Waals surface area contributed by atoms with E-state index >= 15 is 4.39 Å². The van der Waals surface area contributed by atoms with Gasteiger partial charge in [0.15, 0.2) is 5.82 Å². The summed E-state index contributed by atoms with van der Waals surface area (Å²) in [4.78, 5) is 8.54. The van der Waals surface area contributed by atoms with Gasteiger partial charge >= 0.3 is 0 Å². The number of rotatable bonds is 6. The normalized spacial score (nSPS) is 14.9. The standard InChI is InChI=1S/C27H21ClF2N6O3S/c1-36-13-17(12-32-36)33-27-31-11-15-8-14(2-5-21(15)34-27)25-20(29)4-6-22(26(25)30)35-40(38,39)24-10-16(28)9-19-18(24)3-7-23(19)37/h2,4-6,8-13,23,35,37H,3,7H2,1H3,(H,31,33,34)/t23-/m1/s1. The molecule has 0 bridgehead atoms. The smallest absolute Gasteiger partial charge is 0.262 e. The molecule has 204 valence electrons. The maximum absolute atomic E-state index is 15.7. The van der Waals surface area contributed by atoms with E-state index in [0.717, 1.165) is 12.1 Å². The summed E-state index contributed by atoms with van der Waals surface area (Å²) >= 11 is 6.11. The first kappa shape index (κ1) is 26.1. The number of aryl methyl sites for hydroxylation is 1. The Morgan fingerprint density at radius 3 is 2.73 bits per heavy atom. The van der Waals surface area contributed by atoms with Gasteiger partial charge < -0.3 is 10.4 Å². The molecule has 0 fully saturated rings. The highest BCUT2D eigenvalue weighted by atomic mass is 35.5. The van der Waals surface area contributed by atoms with Gasteiger partial charge in [-0.05, 0) is 65.9 Å². The zero-order valence-corrected chi connectivity index (χ0v) is 22.4. The van der Waals surface area contributed by atoms with E-state index in [1.807, 2.05) is 0 Å². The van der Waals surface area contributed by atoms with Crippen LogP contribution in [-0.2, 0) is 23.5 Å². The quantitative estimate of drug-likeness (QED) is 0.242. The fourth-order valence-electron chi connectivity index (χ4n) is 4.83. The van der Waals surface area contributed by atoms with E-state index in [9.17, 15) is 17.9 Å². The van der Waals surface area contributed by atoms with Crippen LogP contribution in [0.2, 0.25) is 5.02 Å². The van der Waals surface area contributed by atoms with Crippen molar-refractivity contribution in [3.63, 3.8) is 0 Å². The lowest BCUT2D eigenvalue weighted by molar-refractivity contribution is 0.180. The van der Waals surface area contributed by atoms with Crippen molar-refractivity contribution >= 4 is 49.9 Å². The number of nitrogens with one attached hydrogen (secondary N) is 2. The van der Waals surface area contributed by atoms with E-state index in [4.69, 9.17) is 11.6 Å². The highest BCUT2D eigenvalue weighted by Crippen LogP contribution is 2.39. The molecule has 0 saturated heterocycles. The van der Waals surface area contributed by atoms with Crippen molar-refractivity contribution in [3.05, 3.63) is 88.8 Å². The highest BCUT2D eigenvalue weighted by molar-refractivity contribution is 7.92. The van der Waals surface area contributed by atoms with Crippen LogP contribution < -0.4 is 10.0 Å². The second-order valence-corrected chi connectivity index (χ2v) is 11.5. The van der Waals surface area contributed by atoms with Gasteiger partial charge in [0.2, 0.25) is 5.95 Å². The third-order valence-electron chi connectivity index (χ3n) is 6.69. The van der Waals surface area contributed by atoms with Crippen LogP contribution in [0.4, 0.5) is 26.1 Å². The van der Waals surface area contributed by atoms with Gasteiger partial charge in [0.1, 0.15) is 5.82 Å². The molecule has 6 rings (SSSR count). The average molecular weight is 583 g/mol. The molecule has 2 aromatic heterocycles. The minimum Gasteiger partial charge on any atom is -0.388 e.